The number of rotatable bonds is 10. The molecular formula is C22H30N3O9PS. The summed E-state index contributed by atoms with van der Waals surface area (Å²) in [6.07, 6.45) is -2.93. The van der Waals surface area contributed by atoms with Crippen molar-refractivity contribution >= 4 is 25.9 Å². The van der Waals surface area contributed by atoms with Crippen LogP contribution < -0.4 is 15.2 Å². The highest BCUT2D eigenvalue weighted by atomic mass is 32.1. The summed E-state index contributed by atoms with van der Waals surface area (Å²) in [5.41, 5.74) is -2.29. The number of H-pyrrole nitrogens is 1. The highest BCUT2D eigenvalue weighted by Crippen LogP contribution is 2.47. The fraction of sp³-hybridized carbons (Fsp3) is 0.500. The van der Waals surface area contributed by atoms with Crippen molar-refractivity contribution in [1.82, 2.24) is 14.6 Å². The molecule has 1 aromatic carbocycles. The standard InChI is InChI=1S/C22H30N3O9PS/c1-13(2)32-19(28)14(3)24-35(30,34-15-8-6-5-7-9-15)31-12-16-18(27)22(4,29)20(33-16)25-11-10-17(26)23-21(25)36/h5-11,13-14,16,18,20,27,29H,12H2,1-4H3,(H,24,30)(H,23,26,36)/t14-,16+,18-,20+,22?,35?/m0/s1. The minimum absolute atomic E-state index is 0.0289. The third-order valence-corrected chi connectivity index (χ3v) is 7.25. The molecule has 0 spiro atoms. The van der Waals surface area contributed by atoms with E-state index in [-0.39, 0.29) is 10.5 Å². The predicted molar refractivity (Wildman–Crippen MR) is 131 cm³/mol. The van der Waals surface area contributed by atoms with Gasteiger partial charge in [-0.15, -0.1) is 0 Å². The molecule has 1 aliphatic rings. The van der Waals surface area contributed by atoms with Crippen LogP contribution in [0.4, 0.5) is 0 Å². The number of hydrogen-bond donors (Lipinski definition) is 4. The lowest BCUT2D eigenvalue weighted by Gasteiger charge is -2.28. The van der Waals surface area contributed by atoms with Gasteiger partial charge in [-0.1, -0.05) is 18.2 Å². The van der Waals surface area contributed by atoms with Crippen LogP contribution in [0.5, 0.6) is 5.75 Å². The predicted octanol–water partition coefficient (Wildman–Crippen LogP) is 2.05. The van der Waals surface area contributed by atoms with Crippen LogP contribution >= 0.6 is 20.0 Å². The Morgan fingerprint density at radius 1 is 1.31 bits per heavy atom. The molecular weight excluding hydrogens is 513 g/mol. The Kier molecular flexibility index (Phi) is 8.88. The highest BCUT2D eigenvalue weighted by Gasteiger charge is 2.53. The number of carbonyl (C=O) groups is 1. The zero-order valence-corrected chi connectivity index (χ0v) is 21.9. The number of hydrogen-bond acceptors (Lipinski definition) is 10. The van der Waals surface area contributed by atoms with Crippen LogP contribution in [0.2, 0.25) is 0 Å². The molecule has 3 rings (SSSR count). The van der Waals surface area contributed by atoms with Crippen molar-refractivity contribution in [2.75, 3.05) is 6.61 Å². The molecule has 198 valence electrons. The minimum atomic E-state index is -4.22. The van der Waals surface area contributed by atoms with Crippen LogP contribution in [0.3, 0.4) is 0 Å². The molecule has 36 heavy (non-hydrogen) atoms. The topological polar surface area (TPSA) is 161 Å². The fourth-order valence-electron chi connectivity index (χ4n) is 3.50. The van der Waals surface area contributed by atoms with Crippen LogP contribution in [0.25, 0.3) is 0 Å². The number of benzene rings is 1. The van der Waals surface area contributed by atoms with Crippen molar-refractivity contribution in [3.05, 3.63) is 57.7 Å². The van der Waals surface area contributed by atoms with E-state index in [1.807, 2.05) is 0 Å². The first-order valence-electron chi connectivity index (χ1n) is 11.2. The van der Waals surface area contributed by atoms with E-state index in [4.69, 9.17) is 30.7 Å². The molecule has 0 aliphatic carbocycles. The average molecular weight is 544 g/mol. The Bertz CT molecular complexity index is 1220. The maximum Gasteiger partial charge on any atom is 0.459 e. The second kappa shape index (κ2) is 11.3. The molecule has 0 radical (unpaired) electrons. The Hall–Kier alpha value is -2.38. The molecule has 14 heteroatoms. The lowest BCUT2D eigenvalue weighted by atomic mass is 9.96. The molecule has 0 bridgehead atoms. The molecule has 1 aliphatic heterocycles. The zero-order valence-electron chi connectivity index (χ0n) is 20.2. The normalized spacial score (nSPS) is 26.4. The molecule has 12 nitrogen and oxygen atoms in total. The molecule has 2 unspecified atom stereocenters. The van der Waals surface area contributed by atoms with Gasteiger partial charge >= 0.3 is 13.7 Å². The van der Waals surface area contributed by atoms with Gasteiger partial charge in [0.25, 0.3) is 5.56 Å². The first kappa shape index (κ1) is 28.2. The number of aromatic nitrogens is 2. The molecule has 1 fully saturated rings. The van der Waals surface area contributed by atoms with Gasteiger partial charge in [-0.3, -0.25) is 23.7 Å². The van der Waals surface area contributed by atoms with Crippen LogP contribution in [0.15, 0.2) is 47.4 Å². The molecule has 6 atom stereocenters. The number of esters is 1. The SMILES string of the molecule is CC(C)OC(=O)[C@H](C)NP(=O)(OC[C@H]1O[C@@H](n2ccc(=O)[nH]c2=S)C(C)(O)[C@H]1O)Oc1ccccc1. The summed E-state index contributed by atoms with van der Waals surface area (Å²) >= 11 is 5.14. The van der Waals surface area contributed by atoms with Crippen molar-refractivity contribution < 1.29 is 38.1 Å². The molecule has 0 amide bonds. The van der Waals surface area contributed by atoms with Crippen LogP contribution in [0.1, 0.15) is 33.9 Å². The Balaban J connectivity index is 1.80. The van der Waals surface area contributed by atoms with Gasteiger partial charge in [-0.25, -0.2) is 4.57 Å². The molecule has 2 aromatic rings. The first-order valence-corrected chi connectivity index (χ1v) is 13.1. The molecule has 4 N–H and O–H groups in total. The van der Waals surface area contributed by atoms with E-state index in [1.54, 1.807) is 44.2 Å². The van der Waals surface area contributed by atoms with E-state index in [1.165, 1.54) is 30.7 Å². The highest BCUT2D eigenvalue weighted by molar-refractivity contribution is 7.71. The number of aliphatic hydroxyl groups is 2. The largest absolute Gasteiger partial charge is 0.462 e. The maximum atomic E-state index is 13.6. The van der Waals surface area contributed by atoms with Crippen LogP contribution in [-0.2, 0) is 23.4 Å². The monoisotopic (exact) mass is 543 g/mol. The number of nitrogens with zero attached hydrogens (tertiary/aromatic N) is 1. The molecule has 1 saturated heterocycles. The maximum absolute atomic E-state index is 13.6. The smallest absolute Gasteiger partial charge is 0.459 e. The van der Waals surface area contributed by atoms with Gasteiger partial charge in [0.2, 0.25) is 0 Å². The summed E-state index contributed by atoms with van der Waals surface area (Å²) in [6.45, 7) is 5.63. The third-order valence-electron chi connectivity index (χ3n) is 5.29. The number of carbonyl (C=O) groups excluding carboxylic acids is 1. The number of nitrogens with one attached hydrogen (secondary N) is 2. The first-order chi connectivity index (χ1) is 16.8. The van der Waals surface area contributed by atoms with E-state index >= 15 is 0 Å². The van der Waals surface area contributed by atoms with Gasteiger partial charge in [0.15, 0.2) is 11.0 Å². The Labute approximate surface area is 212 Å². The molecule has 2 heterocycles. The fourth-order valence-corrected chi connectivity index (χ4v) is 5.25. The summed E-state index contributed by atoms with van der Waals surface area (Å²) in [7, 11) is -4.22. The second-order valence-electron chi connectivity index (χ2n) is 8.75. The number of para-hydroxylation sites is 1. The summed E-state index contributed by atoms with van der Waals surface area (Å²) in [6, 6.07) is 8.29. The van der Waals surface area contributed by atoms with Crippen molar-refractivity contribution in [1.29, 1.82) is 0 Å². The Morgan fingerprint density at radius 2 is 1.97 bits per heavy atom. The number of aromatic amines is 1. The van der Waals surface area contributed by atoms with Crippen molar-refractivity contribution in [3.8, 4) is 5.75 Å². The van der Waals surface area contributed by atoms with Crippen molar-refractivity contribution in [2.45, 2.75) is 63.9 Å². The second-order valence-corrected chi connectivity index (χ2v) is 10.8. The summed E-state index contributed by atoms with van der Waals surface area (Å²) < 4.78 is 37.0. The van der Waals surface area contributed by atoms with Crippen molar-refractivity contribution in [3.63, 3.8) is 0 Å². The van der Waals surface area contributed by atoms with Gasteiger partial charge in [-0.2, -0.15) is 5.09 Å². The minimum Gasteiger partial charge on any atom is -0.462 e. The zero-order chi connectivity index (χ0) is 26.7. The average Bonchev–Trinajstić information content (AvgIpc) is 3.01. The van der Waals surface area contributed by atoms with Crippen molar-refractivity contribution in [2.24, 2.45) is 0 Å². The Morgan fingerprint density at radius 3 is 2.58 bits per heavy atom. The molecule has 0 saturated carbocycles. The molecule has 1 aromatic heterocycles. The van der Waals surface area contributed by atoms with E-state index in [9.17, 15) is 24.4 Å². The van der Waals surface area contributed by atoms with E-state index in [0.717, 1.165) is 0 Å². The lowest BCUT2D eigenvalue weighted by molar-refractivity contribution is -0.149. The van der Waals surface area contributed by atoms with Gasteiger partial charge in [0.1, 0.15) is 29.6 Å². The van der Waals surface area contributed by atoms with Crippen LogP contribution in [0, 0.1) is 4.77 Å². The quantitative estimate of drug-likeness (QED) is 0.197. The van der Waals surface area contributed by atoms with E-state index in [2.05, 4.69) is 10.1 Å². The van der Waals surface area contributed by atoms with Gasteiger partial charge in [0, 0.05) is 12.3 Å². The van der Waals surface area contributed by atoms with E-state index in [0.29, 0.717) is 0 Å². The van der Waals surface area contributed by atoms with Crippen LogP contribution in [-0.4, -0.2) is 62.3 Å². The lowest BCUT2D eigenvalue weighted by Crippen LogP contribution is -2.45. The summed E-state index contributed by atoms with van der Waals surface area (Å²) in [5, 5.41) is 24.2. The van der Waals surface area contributed by atoms with Gasteiger partial charge in [-0.05, 0) is 52.0 Å². The third kappa shape index (κ3) is 6.68. The summed E-state index contributed by atoms with van der Waals surface area (Å²) in [4.78, 5) is 26.2. The number of aliphatic hydroxyl groups excluding tert-OH is 1. The number of ether oxygens (including phenoxy) is 2. The van der Waals surface area contributed by atoms with Gasteiger partial charge in [0.05, 0.1) is 12.7 Å². The summed E-state index contributed by atoms with van der Waals surface area (Å²) in [5.74, 6) is -0.465. The van der Waals surface area contributed by atoms with E-state index < -0.39 is 62.1 Å². The van der Waals surface area contributed by atoms with Gasteiger partial charge < -0.3 is 24.2 Å².